The van der Waals surface area contributed by atoms with Gasteiger partial charge in [-0.2, -0.15) is 0 Å². The van der Waals surface area contributed by atoms with E-state index in [1.54, 1.807) is 0 Å². The van der Waals surface area contributed by atoms with Gasteiger partial charge in [-0.1, -0.05) is 108 Å². The number of aryl methyl sites for hydroxylation is 1. The van der Waals surface area contributed by atoms with Crippen LogP contribution in [0.25, 0.3) is 0 Å². The van der Waals surface area contributed by atoms with Crippen LogP contribution in [0.1, 0.15) is 97.5 Å². The summed E-state index contributed by atoms with van der Waals surface area (Å²) in [5, 5.41) is 8.90. The fourth-order valence-corrected chi connectivity index (χ4v) is 4.11. The normalized spacial score (nSPS) is 15.4. The summed E-state index contributed by atoms with van der Waals surface area (Å²) in [5.41, 5.74) is 2.82. The van der Waals surface area contributed by atoms with Crippen LogP contribution in [0.2, 0.25) is 0 Å². The van der Waals surface area contributed by atoms with Crippen LogP contribution >= 0.6 is 0 Å². The first-order chi connectivity index (χ1) is 13.5. The van der Waals surface area contributed by atoms with Crippen molar-refractivity contribution in [3.63, 3.8) is 0 Å². The molecule has 0 aliphatic carbocycles. The number of benzene rings is 1. The molecule has 0 heterocycles. The maximum atomic E-state index is 8.90. The van der Waals surface area contributed by atoms with Crippen molar-refractivity contribution in [3.8, 4) is 0 Å². The van der Waals surface area contributed by atoms with E-state index in [2.05, 4.69) is 58.0 Å². The Hall–Kier alpha value is -1.08. The zero-order chi connectivity index (χ0) is 20.6. The van der Waals surface area contributed by atoms with Crippen LogP contribution in [-0.4, -0.2) is 11.7 Å². The molecule has 0 saturated carbocycles. The standard InChI is InChI=1S/C27H46O/c1-23(11-8-12-24(2)14-10-16-26(4)21-22-28)13-9-15-25(3)19-20-27-17-6-5-7-18-27/h5-7,17-18,21,23-25,28H,8-16,19-20,22H2,1-4H3/b26-21+. The predicted octanol–water partition coefficient (Wildman–Crippen LogP) is 7.98. The highest BCUT2D eigenvalue weighted by Crippen LogP contribution is 2.23. The van der Waals surface area contributed by atoms with Crippen molar-refractivity contribution in [2.24, 2.45) is 17.8 Å². The van der Waals surface area contributed by atoms with Gasteiger partial charge in [0.05, 0.1) is 6.61 Å². The first-order valence-corrected chi connectivity index (χ1v) is 11.8. The van der Waals surface area contributed by atoms with Crippen molar-refractivity contribution in [2.75, 3.05) is 6.61 Å². The van der Waals surface area contributed by atoms with Crippen molar-refractivity contribution < 1.29 is 5.11 Å². The molecule has 1 heteroatoms. The third-order valence-corrected chi connectivity index (χ3v) is 6.26. The van der Waals surface area contributed by atoms with Crippen LogP contribution in [-0.2, 0) is 6.42 Å². The topological polar surface area (TPSA) is 20.2 Å². The Labute approximate surface area is 175 Å². The average Bonchev–Trinajstić information content (AvgIpc) is 2.67. The van der Waals surface area contributed by atoms with Crippen molar-refractivity contribution in [3.05, 3.63) is 47.5 Å². The summed E-state index contributed by atoms with van der Waals surface area (Å²) in [4.78, 5) is 0. The lowest BCUT2D eigenvalue weighted by molar-refractivity contribution is 0.341. The van der Waals surface area contributed by atoms with Gasteiger partial charge in [0.1, 0.15) is 0 Å². The largest absolute Gasteiger partial charge is 0.392 e. The lowest BCUT2D eigenvalue weighted by Gasteiger charge is -2.16. The number of aliphatic hydroxyl groups excluding tert-OH is 1. The molecule has 28 heavy (non-hydrogen) atoms. The second-order valence-electron chi connectivity index (χ2n) is 9.33. The molecule has 0 aromatic heterocycles. The summed E-state index contributed by atoms with van der Waals surface area (Å²) in [7, 11) is 0. The molecule has 1 N–H and O–H groups in total. The molecule has 0 aliphatic heterocycles. The SMILES string of the molecule is C/C(=C\CO)CCCC(C)CCCC(C)CCCC(C)CCc1ccccc1. The van der Waals surface area contributed by atoms with Gasteiger partial charge in [-0.05, 0) is 55.9 Å². The summed E-state index contributed by atoms with van der Waals surface area (Å²) < 4.78 is 0. The van der Waals surface area contributed by atoms with Gasteiger partial charge in [-0.25, -0.2) is 0 Å². The molecule has 1 aromatic carbocycles. The first-order valence-electron chi connectivity index (χ1n) is 11.8. The summed E-state index contributed by atoms with van der Waals surface area (Å²) in [6.45, 7) is 9.59. The van der Waals surface area contributed by atoms with Crippen LogP contribution in [0.4, 0.5) is 0 Å². The maximum absolute atomic E-state index is 8.90. The number of allylic oxidation sites excluding steroid dienone is 1. The second kappa shape index (κ2) is 15.8. The Morgan fingerprint density at radius 3 is 1.82 bits per heavy atom. The van der Waals surface area contributed by atoms with Crippen molar-refractivity contribution in [1.82, 2.24) is 0 Å². The van der Waals surface area contributed by atoms with E-state index in [0.29, 0.717) is 0 Å². The van der Waals surface area contributed by atoms with Crippen LogP contribution < -0.4 is 0 Å². The summed E-state index contributed by atoms with van der Waals surface area (Å²) in [5.74, 6) is 2.56. The molecule has 0 saturated heterocycles. The van der Waals surface area contributed by atoms with E-state index in [1.165, 1.54) is 75.3 Å². The summed E-state index contributed by atoms with van der Waals surface area (Å²) >= 11 is 0. The number of hydrogen-bond donors (Lipinski definition) is 1. The Kier molecular flexibility index (Phi) is 14.1. The number of hydrogen-bond acceptors (Lipinski definition) is 1. The third-order valence-electron chi connectivity index (χ3n) is 6.26. The molecule has 0 fully saturated rings. The molecule has 160 valence electrons. The van der Waals surface area contributed by atoms with Gasteiger partial charge in [-0.15, -0.1) is 0 Å². The minimum absolute atomic E-state index is 0.186. The fourth-order valence-electron chi connectivity index (χ4n) is 4.11. The minimum atomic E-state index is 0.186. The fraction of sp³-hybridized carbons (Fsp3) is 0.704. The van der Waals surface area contributed by atoms with Gasteiger partial charge in [0.2, 0.25) is 0 Å². The lowest BCUT2D eigenvalue weighted by atomic mass is 9.90. The minimum Gasteiger partial charge on any atom is -0.392 e. The average molecular weight is 387 g/mol. The summed E-state index contributed by atoms with van der Waals surface area (Å²) in [6, 6.07) is 10.9. The van der Waals surface area contributed by atoms with Crippen LogP contribution in [0.5, 0.6) is 0 Å². The molecular weight excluding hydrogens is 340 g/mol. The molecule has 0 radical (unpaired) electrons. The van der Waals surface area contributed by atoms with Crippen molar-refractivity contribution in [1.29, 1.82) is 0 Å². The zero-order valence-electron chi connectivity index (χ0n) is 19.1. The van der Waals surface area contributed by atoms with E-state index < -0.39 is 0 Å². The van der Waals surface area contributed by atoms with Gasteiger partial charge < -0.3 is 5.11 Å². The Bertz CT molecular complexity index is 504. The van der Waals surface area contributed by atoms with Crippen LogP contribution in [0.15, 0.2) is 42.0 Å². The smallest absolute Gasteiger partial charge is 0.0614 e. The number of rotatable bonds is 16. The first kappa shape index (κ1) is 25.0. The van der Waals surface area contributed by atoms with Gasteiger partial charge in [0.15, 0.2) is 0 Å². The zero-order valence-corrected chi connectivity index (χ0v) is 19.1. The molecular formula is C27H46O. The Morgan fingerprint density at radius 1 is 0.786 bits per heavy atom. The monoisotopic (exact) mass is 386 g/mol. The Balaban J connectivity index is 2.01. The van der Waals surface area contributed by atoms with Crippen LogP contribution in [0.3, 0.4) is 0 Å². The van der Waals surface area contributed by atoms with E-state index in [-0.39, 0.29) is 6.61 Å². The van der Waals surface area contributed by atoms with Crippen LogP contribution in [0, 0.1) is 17.8 Å². The van der Waals surface area contributed by atoms with Gasteiger partial charge in [-0.3, -0.25) is 0 Å². The maximum Gasteiger partial charge on any atom is 0.0614 e. The van der Waals surface area contributed by atoms with Gasteiger partial charge in [0, 0.05) is 0 Å². The molecule has 0 amide bonds. The van der Waals surface area contributed by atoms with Gasteiger partial charge in [0.25, 0.3) is 0 Å². The van der Waals surface area contributed by atoms with E-state index in [4.69, 9.17) is 5.11 Å². The highest BCUT2D eigenvalue weighted by Gasteiger charge is 2.08. The highest BCUT2D eigenvalue weighted by atomic mass is 16.2. The second-order valence-corrected chi connectivity index (χ2v) is 9.33. The van der Waals surface area contributed by atoms with Crippen molar-refractivity contribution >= 4 is 0 Å². The van der Waals surface area contributed by atoms with E-state index >= 15 is 0 Å². The van der Waals surface area contributed by atoms with E-state index in [0.717, 1.165) is 24.2 Å². The molecule has 0 spiro atoms. The Morgan fingerprint density at radius 2 is 1.29 bits per heavy atom. The molecule has 0 bridgehead atoms. The van der Waals surface area contributed by atoms with Gasteiger partial charge >= 0.3 is 0 Å². The van der Waals surface area contributed by atoms with Crippen molar-refractivity contribution in [2.45, 2.75) is 98.3 Å². The van der Waals surface area contributed by atoms with E-state index in [9.17, 15) is 0 Å². The highest BCUT2D eigenvalue weighted by molar-refractivity contribution is 5.14. The molecule has 0 aliphatic rings. The molecule has 3 atom stereocenters. The number of aliphatic hydroxyl groups is 1. The molecule has 3 unspecified atom stereocenters. The quantitative estimate of drug-likeness (QED) is 0.285. The summed E-state index contributed by atoms with van der Waals surface area (Å²) in [6.07, 6.45) is 16.5. The lowest BCUT2D eigenvalue weighted by Crippen LogP contribution is -2.02. The van der Waals surface area contributed by atoms with E-state index in [1.807, 2.05) is 6.08 Å². The third kappa shape index (κ3) is 13.2. The molecule has 1 rings (SSSR count). The molecule has 1 nitrogen and oxygen atoms in total. The molecule has 1 aromatic rings. The predicted molar refractivity (Wildman–Crippen MR) is 125 cm³/mol.